The summed E-state index contributed by atoms with van der Waals surface area (Å²) < 4.78 is 0. The predicted molar refractivity (Wildman–Crippen MR) is 69.4 cm³/mol. The lowest BCUT2D eigenvalue weighted by Gasteiger charge is -2.36. The van der Waals surface area contributed by atoms with Gasteiger partial charge < -0.3 is 5.73 Å². The average Bonchev–Trinajstić information content (AvgIpc) is 3.02. The molecule has 0 amide bonds. The summed E-state index contributed by atoms with van der Waals surface area (Å²) in [5.74, 6) is 0.917. The van der Waals surface area contributed by atoms with Crippen molar-refractivity contribution in [1.29, 1.82) is 0 Å². The number of likely N-dealkylation sites (N-methyl/N-ethyl adjacent to an activating group) is 1. The first-order chi connectivity index (χ1) is 7.83. The highest BCUT2D eigenvalue weighted by molar-refractivity contribution is 4.90. The molecule has 1 unspecified atom stereocenters. The Labute approximate surface area is 101 Å². The lowest BCUT2D eigenvalue weighted by molar-refractivity contribution is 0.135. The van der Waals surface area contributed by atoms with Crippen molar-refractivity contribution in [2.45, 2.75) is 69.9 Å². The first-order valence-electron chi connectivity index (χ1n) is 7.25. The van der Waals surface area contributed by atoms with Crippen LogP contribution in [-0.2, 0) is 0 Å². The maximum atomic E-state index is 5.95. The number of nitrogens with two attached hydrogens (primary N) is 1. The minimum absolute atomic E-state index is 0.671. The summed E-state index contributed by atoms with van der Waals surface area (Å²) in [6.07, 6.45) is 12.8. The second-order valence-electron chi connectivity index (χ2n) is 5.80. The molecule has 16 heavy (non-hydrogen) atoms. The van der Waals surface area contributed by atoms with E-state index in [0.717, 1.165) is 18.5 Å². The molecule has 1 atom stereocenters. The Morgan fingerprint density at radius 3 is 2.06 bits per heavy atom. The Morgan fingerprint density at radius 1 is 1.00 bits per heavy atom. The largest absolute Gasteiger partial charge is 0.329 e. The Bertz CT molecular complexity index is 193. The summed E-state index contributed by atoms with van der Waals surface area (Å²) in [5, 5.41) is 0. The van der Waals surface area contributed by atoms with Crippen LogP contribution >= 0.6 is 0 Å². The fraction of sp³-hybridized carbons (Fsp3) is 1.00. The average molecular weight is 224 g/mol. The lowest BCUT2D eigenvalue weighted by Crippen LogP contribution is -2.45. The molecule has 2 aliphatic carbocycles. The van der Waals surface area contributed by atoms with Gasteiger partial charge in [0.25, 0.3) is 0 Å². The smallest absolute Gasteiger partial charge is 0.0246 e. The van der Waals surface area contributed by atoms with Crippen LogP contribution in [0.2, 0.25) is 0 Å². The molecule has 94 valence electrons. The molecule has 0 aromatic heterocycles. The number of hydrogen-bond donors (Lipinski definition) is 1. The van der Waals surface area contributed by atoms with Gasteiger partial charge in [-0.05, 0) is 38.6 Å². The molecule has 2 N–H and O–H groups in total. The molecule has 2 nitrogen and oxygen atoms in total. The Kier molecular flexibility index (Phi) is 4.66. The van der Waals surface area contributed by atoms with E-state index in [-0.39, 0.29) is 0 Å². The van der Waals surface area contributed by atoms with Crippen molar-refractivity contribution in [3.05, 3.63) is 0 Å². The van der Waals surface area contributed by atoms with E-state index < -0.39 is 0 Å². The van der Waals surface area contributed by atoms with Crippen molar-refractivity contribution >= 4 is 0 Å². The lowest BCUT2D eigenvalue weighted by atomic mass is 9.94. The van der Waals surface area contributed by atoms with Crippen molar-refractivity contribution in [2.24, 2.45) is 11.7 Å². The van der Waals surface area contributed by atoms with Crippen molar-refractivity contribution in [2.75, 3.05) is 13.6 Å². The Morgan fingerprint density at radius 2 is 1.56 bits per heavy atom. The highest BCUT2D eigenvalue weighted by Crippen LogP contribution is 2.36. The monoisotopic (exact) mass is 224 g/mol. The van der Waals surface area contributed by atoms with Gasteiger partial charge in [0, 0.05) is 18.6 Å². The zero-order chi connectivity index (χ0) is 11.4. The van der Waals surface area contributed by atoms with Crippen molar-refractivity contribution in [3.63, 3.8) is 0 Å². The third-order valence-electron chi connectivity index (χ3n) is 4.58. The summed E-state index contributed by atoms with van der Waals surface area (Å²) in [7, 11) is 2.32. The van der Waals surface area contributed by atoms with Crippen LogP contribution in [0.3, 0.4) is 0 Å². The first-order valence-corrected chi connectivity index (χ1v) is 7.25. The van der Waals surface area contributed by atoms with Gasteiger partial charge in [0.1, 0.15) is 0 Å². The topological polar surface area (TPSA) is 29.3 Å². The molecular weight excluding hydrogens is 196 g/mol. The maximum Gasteiger partial charge on any atom is 0.0246 e. The standard InChI is InChI=1S/C14H28N2/c1-16(14(11-15)12-9-10-12)13-7-5-3-2-4-6-8-13/h12-14H,2-11,15H2,1H3. The van der Waals surface area contributed by atoms with Gasteiger partial charge in [0.05, 0.1) is 0 Å². The third-order valence-corrected chi connectivity index (χ3v) is 4.58. The molecule has 2 aliphatic rings. The Hall–Kier alpha value is -0.0800. The van der Waals surface area contributed by atoms with Crippen molar-refractivity contribution < 1.29 is 0 Å². The third kappa shape index (κ3) is 3.21. The van der Waals surface area contributed by atoms with E-state index in [1.165, 1.54) is 57.8 Å². The van der Waals surface area contributed by atoms with E-state index in [4.69, 9.17) is 5.73 Å². The second-order valence-corrected chi connectivity index (χ2v) is 5.80. The van der Waals surface area contributed by atoms with Gasteiger partial charge in [-0.1, -0.05) is 32.1 Å². The van der Waals surface area contributed by atoms with Gasteiger partial charge in [-0.15, -0.1) is 0 Å². The summed E-state index contributed by atoms with van der Waals surface area (Å²) >= 11 is 0. The summed E-state index contributed by atoms with van der Waals surface area (Å²) in [4.78, 5) is 2.63. The molecule has 2 fully saturated rings. The number of rotatable bonds is 4. The second kappa shape index (κ2) is 6.02. The van der Waals surface area contributed by atoms with Gasteiger partial charge in [-0.3, -0.25) is 4.90 Å². The van der Waals surface area contributed by atoms with Crippen molar-refractivity contribution in [1.82, 2.24) is 4.90 Å². The van der Waals surface area contributed by atoms with Crippen LogP contribution in [0.1, 0.15) is 57.8 Å². The first kappa shape index (κ1) is 12.4. The molecule has 0 heterocycles. The molecule has 0 aliphatic heterocycles. The minimum atomic E-state index is 0.671. The van der Waals surface area contributed by atoms with E-state index in [2.05, 4.69) is 11.9 Å². The highest BCUT2D eigenvalue weighted by Gasteiger charge is 2.35. The van der Waals surface area contributed by atoms with Gasteiger partial charge in [-0.2, -0.15) is 0 Å². The van der Waals surface area contributed by atoms with E-state index in [0.29, 0.717) is 6.04 Å². The van der Waals surface area contributed by atoms with E-state index >= 15 is 0 Å². The fourth-order valence-corrected chi connectivity index (χ4v) is 3.28. The van der Waals surface area contributed by atoms with Crippen molar-refractivity contribution in [3.8, 4) is 0 Å². The van der Waals surface area contributed by atoms with Crippen LogP contribution in [0.15, 0.2) is 0 Å². The molecule has 0 radical (unpaired) electrons. The van der Waals surface area contributed by atoms with Gasteiger partial charge in [0.2, 0.25) is 0 Å². The Balaban J connectivity index is 1.86. The predicted octanol–water partition coefficient (Wildman–Crippen LogP) is 2.77. The summed E-state index contributed by atoms with van der Waals surface area (Å²) in [6, 6.07) is 1.49. The molecule has 0 saturated heterocycles. The minimum Gasteiger partial charge on any atom is -0.329 e. The molecule has 0 spiro atoms. The zero-order valence-corrected chi connectivity index (χ0v) is 10.8. The number of nitrogens with zero attached hydrogens (tertiary/aromatic N) is 1. The summed E-state index contributed by atoms with van der Waals surface area (Å²) in [6.45, 7) is 0.859. The molecule has 2 heteroatoms. The number of hydrogen-bond acceptors (Lipinski definition) is 2. The highest BCUT2D eigenvalue weighted by atomic mass is 15.2. The van der Waals surface area contributed by atoms with Gasteiger partial charge in [0.15, 0.2) is 0 Å². The molecule has 0 bridgehead atoms. The molecular formula is C14H28N2. The van der Waals surface area contributed by atoms with Crippen LogP contribution in [0.5, 0.6) is 0 Å². The summed E-state index contributed by atoms with van der Waals surface area (Å²) in [5.41, 5.74) is 5.95. The van der Waals surface area contributed by atoms with Crippen LogP contribution < -0.4 is 5.73 Å². The maximum absolute atomic E-state index is 5.95. The molecule has 2 saturated carbocycles. The van der Waals surface area contributed by atoms with E-state index in [9.17, 15) is 0 Å². The molecule has 0 aromatic rings. The SMILES string of the molecule is CN(C1CCCCCCC1)C(CN)C1CC1. The van der Waals surface area contributed by atoms with Crippen LogP contribution in [0.4, 0.5) is 0 Å². The molecule has 0 aromatic carbocycles. The van der Waals surface area contributed by atoms with Gasteiger partial charge >= 0.3 is 0 Å². The van der Waals surface area contributed by atoms with Gasteiger partial charge in [-0.25, -0.2) is 0 Å². The fourth-order valence-electron chi connectivity index (χ4n) is 3.28. The van der Waals surface area contributed by atoms with E-state index in [1.54, 1.807) is 0 Å². The zero-order valence-electron chi connectivity index (χ0n) is 10.8. The quantitative estimate of drug-likeness (QED) is 0.795. The van der Waals surface area contributed by atoms with Crippen LogP contribution in [0.25, 0.3) is 0 Å². The van der Waals surface area contributed by atoms with Crippen LogP contribution in [-0.4, -0.2) is 30.6 Å². The molecule has 2 rings (SSSR count). The normalized spacial score (nSPS) is 26.4. The van der Waals surface area contributed by atoms with Crippen LogP contribution in [0, 0.1) is 5.92 Å². The van der Waals surface area contributed by atoms with E-state index in [1.807, 2.05) is 0 Å².